The third-order valence-corrected chi connectivity index (χ3v) is 3.30. The van der Waals surface area contributed by atoms with Crippen molar-refractivity contribution in [1.29, 1.82) is 0 Å². The molecule has 1 rings (SSSR count). The summed E-state index contributed by atoms with van der Waals surface area (Å²) in [6.07, 6.45) is -0.276. The van der Waals surface area contributed by atoms with Crippen molar-refractivity contribution in [3.63, 3.8) is 0 Å². The number of nitrogens with one attached hydrogen (secondary N) is 1. The zero-order valence-corrected chi connectivity index (χ0v) is 15.1. The van der Waals surface area contributed by atoms with Gasteiger partial charge in [-0.05, 0) is 48.5 Å². The first-order valence-electron chi connectivity index (χ1n) is 8.01. The molecule has 1 N–H and O–H groups in total. The quantitative estimate of drug-likeness (QED) is 0.844. The number of hydrogen-bond donors (Lipinski definition) is 1. The van der Waals surface area contributed by atoms with Crippen molar-refractivity contribution < 1.29 is 19.0 Å². The first kappa shape index (κ1) is 19.2. The Bertz CT molecular complexity index is 354. The number of nitrogens with zero attached hydrogens (tertiary/aromatic N) is 1. The molecule has 0 saturated carbocycles. The summed E-state index contributed by atoms with van der Waals surface area (Å²) in [5.41, 5.74) is -0.478. The highest BCUT2D eigenvalue weighted by molar-refractivity contribution is 5.68. The molecule has 1 aliphatic rings. The number of hydrogen-bond acceptors (Lipinski definition) is 5. The van der Waals surface area contributed by atoms with Crippen molar-refractivity contribution in [1.82, 2.24) is 10.2 Å². The van der Waals surface area contributed by atoms with E-state index in [1.54, 1.807) is 4.90 Å². The number of carbonyl (C=O) groups is 1. The van der Waals surface area contributed by atoms with Crippen LogP contribution in [0.4, 0.5) is 4.79 Å². The fourth-order valence-corrected chi connectivity index (χ4v) is 2.08. The fraction of sp³-hybridized carbons (Fsp3) is 0.938. The molecule has 1 heterocycles. The van der Waals surface area contributed by atoms with Crippen LogP contribution < -0.4 is 5.32 Å². The Balaban J connectivity index is 2.38. The summed E-state index contributed by atoms with van der Waals surface area (Å²) in [4.78, 5) is 13.9. The lowest BCUT2D eigenvalue weighted by atomic mass is 10.2. The number of rotatable bonds is 5. The van der Waals surface area contributed by atoms with Crippen LogP contribution in [0.15, 0.2) is 0 Å². The highest BCUT2D eigenvalue weighted by Gasteiger charge is 2.28. The Morgan fingerprint density at radius 1 is 1.32 bits per heavy atom. The monoisotopic (exact) mass is 316 g/mol. The van der Waals surface area contributed by atoms with Gasteiger partial charge in [-0.3, -0.25) is 0 Å². The van der Waals surface area contributed by atoms with Crippen molar-refractivity contribution in [3.05, 3.63) is 0 Å². The standard InChI is InChI=1S/C16H32N2O4/c1-12(2)18(14(19)22-15(3,4)5)9-8-17-13-10-20-16(6,7)21-11-13/h12-13,17H,8-11H2,1-7H3. The normalized spacial score (nSPS) is 19.3. The number of amides is 1. The molecule has 1 amide bonds. The van der Waals surface area contributed by atoms with Crippen LogP contribution in [0.1, 0.15) is 48.5 Å². The van der Waals surface area contributed by atoms with Crippen molar-refractivity contribution in [2.75, 3.05) is 26.3 Å². The van der Waals surface area contributed by atoms with Gasteiger partial charge < -0.3 is 24.4 Å². The molecule has 6 heteroatoms. The average molecular weight is 316 g/mol. The van der Waals surface area contributed by atoms with Crippen LogP contribution in [0, 0.1) is 0 Å². The van der Waals surface area contributed by atoms with E-state index in [1.165, 1.54) is 0 Å². The van der Waals surface area contributed by atoms with E-state index in [2.05, 4.69) is 5.32 Å². The second-order valence-electron chi connectivity index (χ2n) is 7.44. The van der Waals surface area contributed by atoms with Crippen molar-refractivity contribution in [3.8, 4) is 0 Å². The Morgan fingerprint density at radius 3 is 2.32 bits per heavy atom. The molecule has 0 unspecified atom stereocenters. The van der Waals surface area contributed by atoms with E-state index in [1.807, 2.05) is 48.5 Å². The molecule has 0 spiro atoms. The molecule has 1 saturated heterocycles. The molecule has 0 atom stereocenters. The molecular weight excluding hydrogens is 284 g/mol. The van der Waals surface area contributed by atoms with E-state index in [0.717, 1.165) is 0 Å². The lowest BCUT2D eigenvalue weighted by molar-refractivity contribution is -0.252. The molecule has 130 valence electrons. The van der Waals surface area contributed by atoms with Gasteiger partial charge >= 0.3 is 6.09 Å². The molecular formula is C16H32N2O4. The molecule has 1 aliphatic heterocycles. The predicted molar refractivity (Wildman–Crippen MR) is 85.8 cm³/mol. The smallest absolute Gasteiger partial charge is 0.410 e. The molecule has 0 aliphatic carbocycles. The highest BCUT2D eigenvalue weighted by Crippen LogP contribution is 2.17. The van der Waals surface area contributed by atoms with Crippen LogP contribution in [-0.2, 0) is 14.2 Å². The maximum atomic E-state index is 12.2. The topological polar surface area (TPSA) is 60.0 Å². The van der Waals surface area contributed by atoms with E-state index in [9.17, 15) is 4.79 Å². The molecule has 6 nitrogen and oxygen atoms in total. The van der Waals surface area contributed by atoms with Gasteiger partial charge in [-0.1, -0.05) is 0 Å². The molecule has 0 aromatic carbocycles. The van der Waals surface area contributed by atoms with E-state index < -0.39 is 11.4 Å². The number of ether oxygens (including phenoxy) is 3. The van der Waals surface area contributed by atoms with Gasteiger partial charge in [0, 0.05) is 19.1 Å². The average Bonchev–Trinajstić information content (AvgIpc) is 2.33. The summed E-state index contributed by atoms with van der Waals surface area (Å²) in [5, 5.41) is 3.36. The molecule has 1 fully saturated rings. The summed E-state index contributed by atoms with van der Waals surface area (Å²) in [7, 11) is 0. The predicted octanol–water partition coefficient (Wildman–Crippen LogP) is 2.37. The summed E-state index contributed by atoms with van der Waals surface area (Å²) in [6, 6.07) is 0.245. The zero-order chi connectivity index (χ0) is 17.0. The van der Waals surface area contributed by atoms with Gasteiger partial charge in [0.05, 0.1) is 19.3 Å². The van der Waals surface area contributed by atoms with Crippen LogP contribution in [0.2, 0.25) is 0 Å². The Morgan fingerprint density at radius 2 is 1.86 bits per heavy atom. The zero-order valence-electron chi connectivity index (χ0n) is 15.1. The van der Waals surface area contributed by atoms with Crippen molar-refractivity contribution in [2.45, 2.75) is 71.9 Å². The summed E-state index contributed by atoms with van der Waals surface area (Å²) >= 11 is 0. The Kier molecular flexibility index (Phi) is 6.65. The summed E-state index contributed by atoms with van der Waals surface area (Å²) in [5.74, 6) is -0.501. The van der Waals surface area contributed by atoms with E-state index in [0.29, 0.717) is 26.3 Å². The Labute approximate surface area is 134 Å². The van der Waals surface area contributed by atoms with Gasteiger partial charge in [0.2, 0.25) is 0 Å². The minimum Gasteiger partial charge on any atom is -0.444 e. The maximum absolute atomic E-state index is 12.2. The highest BCUT2D eigenvalue weighted by atomic mass is 16.7. The van der Waals surface area contributed by atoms with Crippen LogP contribution in [0.25, 0.3) is 0 Å². The Hall–Kier alpha value is -0.850. The SMILES string of the molecule is CC(C)N(CCNC1COC(C)(C)OC1)C(=O)OC(C)(C)C. The molecule has 0 bridgehead atoms. The first-order chi connectivity index (χ1) is 10.0. The van der Waals surface area contributed by atoms with Crippen molar-refractivity contribution >= 4 is 6.09 Å². The van der Waals surface area contributed by atoms with Crippen LogP contribution in [0.5, 0.6) is 0 Å². The van der Waals surface area contributed by atoms with Crippen LogP contribution >= 0.6 is 0 Å². The van der Waals surface area contributed by atoms with Crippen LogP contribution in [0.3, 0.4) is 0 Å². The van der Waals surface area contributed by atoms with Gasteiger partial charge in [0.1, 0.15) is 5.60 Å². The molecule has 0 radical (unpaired) electrons. The molecule has 0 aromatic rings. The minimum absolute atomic E-state index is 0.0921. The fourth-order valence-electron chi connectivity index (χ4n) is 2.08. The van der Waals surface area contributed by atoms with E-state index in [4.69, 9.17) is 14.2 Å². The maximum Gasteiger partial charge on any atom is 0.410 e. The molecule has 0 aromatic heterocycles. The number of carbonyl (C=O) groups excluding carboxylic acids is 1. The third kappa shape index (κ3) is 6.94. The van der Waals surface area contributed by atoms with E-state index in [-0.39, 0.29) is 18.2 Å². The minimum atomic E-state index is -0.501. The second-order valence-corrected chi connectivity index (χ2v) is 7.44. The van der Waals surface area contributed by atoms with Crippen LogP contribution in [-0.4, -0.2) is 60.8 Å². The van der Waals surface area contributed by atoms with Gasteiger partial charge in [-0.25, -0.2) is 4.79 Å². The van der Waals surface area contributed by atoms with Gasteiger partial charge in [-0.2, -0.15) is 0 Å². The lowest BCUT2D eigenvalue weighted by Crippen LogP contribution is -2.51. The largest absolute Gasteiger partial charge is 0.444 e. The first-order valence-corrected chi connectivity index (χ1v) is 8.01. The van der Waals surface area contributed by atoms with Gasteiger partial charge in [0.25, 0.3) is 0 Å². The summed E-state index contributed by atoms with van der Waals surface area (Å²) < 4.78 is 16.7. The van der Waals surface area contributed by atoms with Gasteiger partial charge in [-0.15, -0.1) is 0 Å². The van der Waals surface area contributed by atoms with E-state index >= 15 is 0 Å². The lowest BCUT2D eigenvalue weighted by Gasteiger charge is -2.36. The third-order valence-electron chi connectivity index (χ3n) is 3.30. The van der Waals surface area contributed by atoms with Gasteiger partial charge in [0.15, 0.2) is 5.79 Å². The molecule has 22 heavy (non-hydrogen) atoms. The summed E-state index contributed by atoms with van der Waals surface area (Å²) in [6.45, 7) is 15.9. The second kappa shape index (κ2) is 7.62. The van der Waals surface area contributed by atoms with Crippen molar-refractivity contribution in [2.24, 2.45) is 0 Å².